The maximum atomic E-state index is 12.9. The van der Waals surface area contributed by atoms with Gasteiger partial charge in [-0.3, -0.25) is 9.59 Å². The number of unbranched alkanes of at least 4 members (excludes halogenated alkanes) is 2. The van der Waals surface area contributed by atoms with E-state index in [0.29, 0.717) is 5.82 Å². The number of tetrazole rings is 1. The van der Waals surface area contributed by atoms with Crippen molar-refractivity contribution in [2.45, 2.75) is 74.7 Å². The minimum absolute atomic E-state index is 0.142. The molecule has 2 aromatic rings. The number of nitrogens with one attached hydrogen (secondary N) is 2. The molecule has 1 aromatic carbocycles. The molecule has 3 heterocycles. The number of thioether (sulfide) groups is 1. The highest BCUT2D eigenvalue weighted by atomic mass is 32.2. The van der Waals surface area contributed by atoms with Gasteiger partial charge >= 0.3 is 0 Å². The fourth-order valence-electron chi connectivity index (χ4n) is 4.34. The zero-order chi connectivity index (χ0) is 22.2. The monoisotopic (exact) mass is 443 g/mol. The summed E-state index contributed by atoms with van der Waals surface area (Å²) in [5, 5.41) is 16.7. The number of hydrogen-bond donors (Lipinski definition) is 3. The highest BCUT2D eigenvalue weighted by molar-refractivity contribution is 8.01. The zero-order valence-electron chi connectivity index (χ0n) is 18.0. The molecule has 2 aliphatic heterocycles. The van der Waals surface area contributed by atoms with Crippen LogP contribution in [0.5, 0.6) is 0 Å². The Hall–Kier alpha value is -2.46. The summed E-state index contributed by atoms with van der Waals surface area (Å²) in [5.41, 5.74) is 8.19. The van der Waals surface area contributed by atoms with Crippen LogP contribution in [0.4, 0.5) is 0 Å². The summed E-state index contributed by atoms with van der Waals surface area (Å²) in [6.45, 7) is 6.27. The fourth-order valence-corrected chi connectivity index (χ4v) is 5.97. The predicted octanol–water partition coefficient (Wildman–Crippen LogP) is 1.85. The first-order valence-electron chi connectivity index (χ1n) is 10.7. The molecule has 2 aliphatic rings. The van der Waals surface area contributed by atoms with Crippen molar-refractivity contribution in [2.75, 3.05) is 0 Å². The van der Waals surface area contributed by atoms with Crippen LogP contribution >= 0.6 is 11.8 Å². The number of carbonyl (C=O) groups is 2. The van der Waals surface area contributed by atoms with Gasteiger partial charge in [-0.05, 0) is 48.2 Å². The van der Waals surface area contributed by atoms with Gasteiger partial charge in [0.2, 0.25) is 11.8 Å². The van der Waals surface area contributed by atoms with Crippen molar-refractivity contribution in [1.82, 2.24) is 30.8 Å². The van der Waals surface area contributed by atoms with E-state index >= 15 is 0 Å². The SMILES string of the molecule is CCCCCc1ccc(C(N)C(=O)NC2C(=O)N3C(c4nnn[nH]4)C(C)(C)S[C@H]23)cc1. The summed E-state index contributed by atoms with van der Waals surface area (Å²) in [5.74, 6) is 0.0603. The lowest BCUT2D eigenvalue weighted by Crippen LogP contribution is -2.68. The Balaban J connectivity index is 1.39. The van der Waals surface area contributed by atoms with Gasteiger partial charge in [0.25, 0.3) is 0 Å². The lowest BCUT2D eigenvalue weighted by Gasteiger charge is -2.44. The Kier molecular flexibility index (Phi) is 6.02. The van der Waals surface area contributed by atoms with Gasteiger partial charge in [0, 0.05) is 4.75 Å². The molecule has 1 aromatic heterocycles. The van der Waals surface area contributed by atoms with Crippen molar-refractivity contribution in [1.29, 1.82) is 0 Å². The number of β-lactam (4-membered cyclic amide) rings is 1. The lowest BCUT2D eigenvalue weighted by molar-refractivity contribution is -0.152. The largest absolute Gasteiger partial charge is 0.340 e. The van der Waals surface area contributed by atoms with E-state index in [0.717, 1.165) is 18.4 Å². The van der Waals surface area contributed by atoms with Gasteiger partial charge in [-0.1, -0.05) is 44.0 Å². The Labute approximate surface area is 185 Å². The van der Waals surface area contributed by atoms with Crippen molar-refractivity contribution in [3.63, 3.8) is 0 Å². The third kappa shape index (κ3) is 4.06. The van der Waals surface area contributed by atoms with Crippen LogP contribution in [-0.2, 0) is 16.0 Å². The molecule has 0 aliphatic carbocycles. The van der Waals surface area contributed by atoms with E-state index in [1.807, 2.05) is 38.1 Å². The molecule has 0 radical (unpaired) electrons. The minimum atomic E-state index is -0.819. The maximum Gasteiger partial charge on any atom is 0.249 e. The molecule has 2 amide bonds. The molecule has 4 atom stereocenters. The van der Waals surface area contributed by atoms with Gasteiger partial charge in [0.15, 0.2) is 5.82 Å². The predicted molar refractivity (Wildman–Crippen MR) is 118 cm³/mol. The molecule has 3 unspecified atom stereocenters. The molecule has 166 valence electrons. The van der Waals surface area contributed by atoms with Crippen LogP contribution in [0.15, 0.2) is 24.3 Å². The van der Waals surface area contributed by atoms with E-state index in [-0.39, 0.29) is 28.0 Å². The molecule has 2 saturated heterocycles. The Morgan fingerprint density at radius 2 is 2.06 bits per heavy atom. The van der Waals surface area contributed by atoms with Crippen LogP contribution in [0.1, 0.15) is 69.1 Å². The number of aromatic nitrogens is 4. The van der Waals surface area contributed by atoms with Crippen LogP contribution in [0.3, 0.4) is 0 Å². The Morgan fingerprint density at radius 3 is 2.71 bits per heavy atom. The van der Waals surface area contributed by atoms with Gasteiger partial charge in [0.05, 0.1) is 0 Å². The van der Waals surface area contributed by atoms with Gasteiger partial charge in [-0.25, -0.2) is 5.10 Å². The van der Waals surface area contributed by atoms with Gasteiger partial charge in [-0.15, -0.1) is 16.9 Å². The highest BCUT2D eigenvalue weighted by Crippen LogP contribution is 2.56. The number of nitrogens with zero attached hydrogens (tertiary/aromatic N) is 4. The summed E-state index contributed by atoms with van der Waals surface area (Å²) >= 11 is 1.63. The lowest BCUT2D eigenvalue weighted by atomic mass is 9.95. The molecule has 9 nitrogen and oxygen atoms in total. The number of hydrogen-bond acceptors (Lipinski definition) is 7. The summed E-state index contributed by atoms with van der Waals surface area (Å²) in [7, 11) is 0. The van der Waals surface area contributed by atoms with E-state index in [9.17, 15) is 9.59 Å². The van der Waals surface area contributed by atoms with E-state index in [1.54, 1.807) is 16.7 Å². The number of amides is 2. The number of carbonyl (C=O) groups excluding carboxylic acids is 2. The molecule has 10 heteroatoms. The van der Waals surface area contributed by atoms with Crippen molar-refractivity contribution in [2.24, 2.45) is 5.73 Å². The third-order valence-electron chi connectivity index (χ3n) is 6.05. The summed E-state index contributed by atoms with van der Waals surface area (Å²) in [4.78, 5) is 27.4. The summed E-state index contributed by atoms with van der Waals surface area (Å²) in [6, 6.07) is 6.17. The van der Waals surface area contributed by atoms with Crippen LogP contribution in [0, 0.1) is 0 Å². The molecular formula is C21H29N7O2S. The molecule has 4 rings (SSSR count). The fraction of sp³-hybridized carbons (Fsp3) is 0.571. The number of aryl methyl sites for hydroxylation is 1. The second kappa shape index (κ2) is 8.58. The standard InChI is InChI=1S/C21H29N7O2S/c1-4-5-6-7-12-8-10-13(11-9-12)14(22)18(29)23-15-19(30)28-16(17-24-26-27-25-17)21(2,3)31-20(15)28/h8-11,14-16,20H,4-7,22H2,1-3H3,(H,23,29)(H,24,25,26,27)/t14?,15?,16?,20-/m1/s1. The Morgan fingerprint density at radius 1 is 1.32 bits per heavy atom. The van der Waals surface area contributed by atoms with Crippen LogP contribution in [-0.4, -0.2) is 53.5 Å². The van der Waals surface area contributed by atoms with Crippen LogP contribution < -0.4 is 11.1 Å². The van der Waals surface area contributed by atoms with Gasteiger partial charge in [0.1, 0.15) is 23.5 Å². The first-order chi connectivity index (χ1) is 14.8. The number of benzene rings is 1. The molecule has 0 saturated carbocycles. The van der Waals surface area contributed by atoms with E-state index < -0.39 is 12.1 Å². The number of rotatable bonds is 8. The maximum absolute atomic E-state index is 12.9. The summed E-state index contributed by atoms with van der Waals surface area (Å²) in [6.07, 6.45) is 4.58. The number of fused-ring (bicyclic) bond motifs is 1. The van der Waals surface area contributed by atoms with Gasteiger partial charge < -0.3 is 16.0 Å². The normalized spacial score (nSPS) is 25.1. The Bertz CT molecular complexity index is 932. The first kappa shape index (κ1) is 21.8. The van der Waals surface area contributed by atoms with E-state index in [2.05, 4.69) is 32.9 Å². The molecular weight excluding hydrogens is 414 g/mol. The van der Waals surface area contributed by atoms with Gasteiger partial charge in [-0.2, -0.15) is 0 Å². The second-order valence-electron chi connectivity index (χ2n) is 8.71. The van der Waals surface area contributed by atoms with Crippen molar-refractivity contribution in [3.8, 4) is 0 Å². The van der Waals surface area contributed by atoms with Crippen molar-refractivity contribution in [3.05, 3.63) is 41.2 Å². The number of nitrogens with two attached hydrogens (primary N) is 1. The molecule has 4 N–H and O–H groups in total. The minimum Gasteiger partial charge on any atom is -0.340 e. The van der Waals surface area contributed by atoms with Crippen LogP contribution in [0.2, 0.25) is 0 Å². The van der Waals surface area contributed by atoms with Crippen LogP contribution in [0.25, 0.3) is 0 Å². The topological polar surface area (TPSA) is 130 Å². The zero-order valence-corrected chi connectivity index (χ0v) is 18.9. The quantitative estimate of drug-likeness (QED) is 0.419. The third-order valence-corrected chi connectivity index (χ3v) is 7.62. The molecule has 31 heavy (non-hydrogen) atoms. The van der Waals surface area contributed by atoms with Crippen molar-refractivity contribution >= 4 is 23.6 Å². The first-order valence-corrected chi connectivity index (χ1v) is 11.6. The molecule has 0 bridgehead atoms. The highest BCUT2D eigenvalue weighted by Gasteiger charge is 2.63. The van der Waals surface area contributed by atoms with E-state index in [1.165, 1.54) is 18.4 Å². The molecule has 2 fully saturated rings. The average Bonchev–Trinajstić information content (AvgIpc) is 3.36. The number of H-pyrrole nitrogens is 1. The van der Waals surface area contributed by atoms with E-state index in [4.69, 9.17) is 5.73 Å². The number of aromatic amines is 1. The summed E-state index contributed by atoms with van der Waals surface area (Å²) < 4.78 is -0.295. The smallest absolute Gasteiger partial charge is 0.249 e. The van der Waals surface area contributed by atoms with Crippen molar-refractivity contribution < 1.29 is 9.59 Å². The molecule has 0 spiro atoms. The average molecular weight is 444 g/mol. The second-order valence-corrected chi connectivity index (χ2v) is 10.5.